The van der Waals surface area contributed by atoms with Crippen LogP contribution in [0.3, 0.4) is 0 Å². The van der Waals surface area contributed by atoms with E-state index in [1.807, 2.05) is 0 Å². The maximum atomic E-state index is 5.51. The van der Waals surface area contributed by atoms with Crippen molar-refractivity contribution < 1.29 is 22.8 Å². The normalized spacial score (nSPS) is 17.8. The minimum absolute atomic E-state index is 0.564. The summed E-state index contributed by atoms with van der Waals surface area (Å²) in [6.45, 7) is 3.00. The molecule has 15 heavy (non-hydrogen) atoms. The van der Waals surface area contributed by atoms with Crippen LogP contribution in [0, 0.1) is 5.92 Å². The van der Waals surface area contributed by atoms with E-state index in [4.69, 9.17) is 22.8 Å². The molecule has 1 aliphatic heterocycles. The fourth-order valence-corrected chi connectivity index (χ4v) is 2.89. The number of hydrogen-bond acceptors (Lipinski definition) is 5. The molecule has 0 aromatic heterocycles. The first-order valence-corrected chi connectivity index (χ1v) is 7.00. The fourth-order valence-electron chi connectivity index (χ4n) is 1.38. The van der Waals surface area contributed by atoms with E-state index in [-0.39, 0.29) is 0 Å². The van der Waals surface area contributed by atoms with Crippen LogP contribution >= 0.6 is 0 Å². The number of ether oxygens (including phenoxy) is 2. The van der Waals surface area contributed by atoms with Gasteiger partial charge in [0.1, 0.15) is 0 Å². The van der Waals surface area contributed by atoms with E-state index < -0.39 is 8.80 Å². The predicted molar refractivity (Wildman–Crippen MR) is 56.7 cm³/mol. The maximum Gasteiger partial charge on any atom is 0.502 e. The second-order valence-electron chi connectivity index (χ2n) is 3.52. The molecule has 0 unspecified atom stereocenters. The van der Waals surface area contributed by atoms with Crippen LogP contribution in [0.25, 0.3) is 0 Å². The van der Waals surface area contributed by atoms with Gasteiger partial charge in [-0.2, -0.15) is 0 Å². The van der Waals surface area contributed by atoms with Gasteiger partial charge in [0.05, 0.1) is 26.4 Å². The molecule has 1 rings (SSSR count). The fraction of sp³-hybridized carbons (Fsp3) is 1.00. The first-order valence-electron chi connectivity index (χ1n) is 5.07. The van der Waals surface area contributed by atoms with Crippen molar-refractivity contribution in [1.82, 2.24) is 0 Å². The van der Waals surface area contributed by atoms with Crippen LogP contribution in [0.2, 0.25) is 6.04 Å². The summed E-state index contributed by atoms with van der Waals surface area (Å²) in [4.78, 5) is 0. The Morgan fingerprint density at radius 1 is 1.13 bits per heavy atom. The zero-order valence-corrected chi connectivity index (χ0v) is 10.7. The Morgan fingerprint density at radius 2 is 1.73 bits per heavy atom. The Labute approximate surface area is 92.0 Å². The van der Waals surface area contributed by atoms with Gasteiger partial charge in [0.15, 0.2) is 0 Å². The smallest absolute Gasteiger partial charge is 0.381 e. The van der Waals surface area contributed by atoms with Crippen LogP contribution in [0.5, 0.6) is 0 Å². The van der Waals surface area contributed by atoms with Gasteiger partial charge in [0.2, 0.25) is 0 Å². The Kier molecular flexibility index (Phi) is 5.73. The molecule has 1 fully saturated rings. The van der Waals surface area contributed by atoms with Crippen LogP contribution in [0.1, 0.15) is 0 Å². The summed E-state index contributed by atoms with van der Waals surface area (Å²) in [6, 6.07) is 0.685. The average Bonchev–Trinajstić information content (AvgIpc) is 2.22. The lowest BCUT2D eigenvalue weighted by Crippen LogP contribution is -2.44. The third-order valence-electron chi connectivity index (χ3n) is 2.55. The van der Waals surface area contributed by atoms with Gasteiger partial charge in [0.25, 0.3) is 0 Å². The molecule has 5 nitrogen and oxygen atoms in total. The van der Waals surface area contributed by atoms with E-state index in [0.29, 0.717) is 18.6 Å². The number of rotatable bonds is 8. The summed E-state index contributed by atoms with van der Waals surface area (Å²) in [5.74, 6) is 0.564. The van der Waals surface area contributed by atoms with Gasteiger partial charge >= 0.3 is 8.80 Å². The molecule has 0 amide bonds. The largest absolute Gasteiger partial charge is 0.502 e. The second kappa shape index (κ2) is 6.57. The molecule has 90 valence electrons. The lowest BCUT2D eigenvalue weighted by atomic mass is 10.1. The highest BCUT2D eigenvalue weighted by Crippen LogP contribution is 2.14. The Morgan fingerprint density at radius 3 is 2.13 bits per heavy atom. The van der Waals surface area contributed by atoms with E-state index in [1.54, 1.807) is 21.3 Å². The van der Waals surface area contributed by atoms with Gasteiger partial charge < -0.3 is 22.8 Å². The molecule has 0 aliphatic carbocycles. The lowest BCUT2D eigenvalue weighted by molar-refractivity contribution is -0.0708. The third kappa shape index (κ3) is 3.82. The Bertz CT molecular complexity index is 162. The topological polar surface area (TPSA) is 46.2 Å². The molecule has 1 heterocycles. The minimum atomic E-state index is -2.44. The molecule has 0 atom stereocenters. The van der Waals surface area contributed by atoms with E-state index >= 15 is 0 Å². The van der Waals surface area contributed by atoms with E-state index in [1.165, 1.54) is 0 Å². The molecule has 1 aliphatic rings. The molecular weight excluding hydrogens is 216 g/mol. The molecule has 0 spiro atoms. The highest BCUT2D eigenvalue weighted by Gasteiger charge is 2.37. The van der Waals surface area contributed by atoms with Crippen molar-refractivity contribution in [2.24, 2.45) is 5.92 Å². The number of hydrogen-bond donors (Lipinski definition) is 0. The molecule has 0 bridgehead atoms. The highest BCUT2D eigenvalue weighted by molar-refractivity contribution is 6.60. The van der Waals surface area contributed by atoms with Crippen molar-refractivity contribution in [3.63, 3.8) is 0 Å². The Hall–Kier alpha value is 0.0169. The van der Waals surface area contributed by atoms with E-state index in [9.17, 15) is 0 Å². The summed E-state index contributed by atoms with van der Waals surface area (Å²) in [7, 11) is 2.39. The van der Waals surface area contributed by atoms with Crippen molar-refractivity contribution >= 4 is 8.80 Å². The summed E-state index contributed by atoms with van der Waals surface area (Å²) >= 11 is 0. The van der Waals surface area contributed by atoms with Gasteiger partial charge in [-0.25, -0.2) is 0 Å². The Balaban J connectivity index is 2.09. The molecule has 1 saturated heterocycles. The van der Waals surface area contributed by atoms with Crippen LogP contribution in [0.15, 0.2) is 0 Å². The minimum Gasteiger partial charge on any atom is -0.381 e. The van der Waals surface area contributed by atoms with E-state index in [0.717, 1.165) is 19.8 Å². The zero-order chi connectivity index (χ0) is 11.1. The van der Waals surface area contributed by atoms with Crippen LogP contribution in [-0.2, 0) is 22.8 Å². The first kappa shape index (κ1) is 13.1. The molecule has 0 aromatic rings. The molecule has 0 aromatic carbocycles. The zero-order valence-electron chi connectivity index (χ0n) is 9.65. The molecule has 6 heteroatoms. The van der Waals surface area contributed by atoms with Gasteiger partial charge in [-0.15, -0.1) is 0 Å². The molecular formula is C9H20O5Si. The monoisotopic (exact) mass is 236 g/mol. The quantitative estimate of drug-likeness (QED) is 0.454. The van der Waals surface area contributed by atoms with Crippen molar-refractivity contribution in [1.29, 1.82) is 0 Å². The van der Waals surface area contributed by atoms with Gasteiger partial charge in [-0.1, -0.05) is 0 Å². The average molecular weight is 236 g/mol. The predicted octanol–water partition coefficient (Wildman–Crippen LogP) is 0.527. The maximum absolute atomic E-state index is 5.51. The summed E-state index contributed by atoms with van der Waals surface area (Å²) in [6.07, 6.45) is 0. The van der Waals surface area contributed by atoms with Gasteiger partial charge in [0, 0.05) is 33.3 Å². The van der Waals surface area contributed by atoms with Crippen molar-refractivity contribution in [2.75, 3.05) is 47.8 Å². The molecule has 0 saturated carbocycles. The third-order valence-corrected chi connectivity index (χ3v) is 5.23. The van der Waals surface area contributed by atoms with Crippen LogP contribution < -0.4 is 0 Å². The highest BCUT2D eigenvalue weighted by atomic mass is 28.4. The van der Waals surface area contributed by atoms with Crippen molar-refractivity contribution in [3.05, 3.63) is 0 Å². The van der Waals surface area contributed by atoms with Crippen LogP contribution in [-0.4, -0.2) is 56.6 Å². The summed E-state index contributed by atoms with van der Waals surface area (Å²) < 4.78 is 26.4. The van der Waals surface area contributed by atoms with Crippen molar-refractivity contribution in [2.45, 2.75) is 6.04 Å². The van der Waals surface area contributed by atoms with Crippen LogP contribution in [0.4, 0.5) is 0 Å². The molecule has 0 N–H and O–H groups in total. The van der Waals surface area contributed by atoms with Gasteiger partial charge in [-0.3, -0.25) is 0 Å². The van der Waals surface area contributed by atoms with Gasteiger partial charge in [-0.05, 0) is 0 Å². The summed E-state index contributed by atoms with van der Waals surface area (Å²) in [5, 5.41) is 0. The SMILES string of the molecule is CO[Si](CCOCC1COC1)(OC)OC. The molecule has 0 radical (unpaired) electrons. The lowest BCUT2D eigenvalue weighted by Gasteiger charge is -2.27. The standard InChI is InChI=1S/C9H20O5Si/c1-10-15(11-2,12-3)5-4-13-6-9-7-14-8-9/h9H,4-8H2,1-3H3. The van der Waals surface area contributed by atoms with E-state index in [2.05, 4.69) is 0 Å². The second-order valence-corrected chi connectivity index (χ2v) is 6.61. The van der Waals surface area contributed by atoms with Crippen molar-refractivity contribution in [3.8, 4) is 0 Å². The first-order chi connectivity index (χ1) is 7.26. The summed E-state index contributed by atoms with van der Waals surface area (Å²) in [5.41, 5.74) is 0.